The first kappa shape index (κ1) is 21.2. The monoisotopic (exact) mass is 413 g/mol. The normalized spacial score (nSPS) is 19.2. The van der Waals surface area contributed by atoms with Gasteiger partial charge < -0.3 is 0 Å². The average molecular weight is 414 g/mol. The minimum absolute atomic E-state index is 0.0706. The van der Waals surface area contributed by atoms with Crippen LogP contribution in [0.25, 0.3) is 0 Å². The first-order valence-corrected chi connectivity index (χ1v) is 11.3. The van der Waals surface area contributed by atoms with Crippen LogP contribution in [0.4, 0.5) is 0 Å². The summed E-state index contributed by atoms with van der Waals surface area (Å²) >= 11 is 0. The van der Waals surface area contributed by atoms with Gasteiger partial charge in [-0.15, -0.1) is 0 Å². The Morgan fingerprint density at radius 2 is 1.86 bits per heavy atom. The Balaban J connectivity index is 1.60. The highest BCUT2D eigenvalue weighted by Crippen LogP contribution is 2.24. The molecular weight excluding hydrogens is 386 g/mol. The summed E-state index contributed by atoms with van der Waals surface area (Å²) in [4.78, 5) is 12.8. The third-order valence-corrected chi connectivity index (χ3v) is 7.09. The second-order valence-electron chi connectivity index (χ2n) is 7.47. The molecule has 154 valence electrons. The van der Waals surface area contributed by atoms with Crippen molar-refractivity contribution in [3.05, 3.63) is 65.7 Å². The van der Waals surface area contributed by atoms with Crippen molar-refractivity contribution in [1.82, 2.24) is 9.73 Å². The van der Waals surface area contributed by atoms with Crippen molar-refractivity contribution in [3.8, 4) is 0 Å². The van der Waals surface area contributed by atoms with E-state index in [1.165, 1.54) is 4.31 Å². The van der Waals surface area contributed by atoms with E-state index in [0.29, 0.717) is 19.4 Å². The van der Waals surface area contributed by atoms with E-state index in [1.807, 2.05) is 44.2 Å². The summed E-state index contributed by atoms with van der Waals surface area (Å²) in [5, 5.41) is 4.09. The van der Waals surface area contributed by atoms with Gasteiger partial charge >= 0.3 is 0 Å². The minimum Gasteiger partial charge on any atom is -0.273 e. The van der Waals surface area contributed by atoms with Gasteiger partial charge in [0.25, 0.3) is 0 Å². The number of nitrogens with zero attached hydrogens (tertiary/aromatic N) is 2. The maximum Gasteiger partial charge on any atom is 0.244 e. The zero-order chi connectivity index (χ0) is 20.9. The summed E-state index contributed by atoms with van der Waals surface area (Å²) < 4.78 is 27.2. The standard InChI is InChI=1S/C22H27N3O3S/c1-17-10-12-21(13-11-17)29(27,28)25-14-6-9-20(16-25)22(26)24-23-15-18(2)19-7-4-3-5-8-19/h3-5,7-8,10-13,15,18,20H,6,9,14,16H2,1-2H3,(H,24,26)/b23-15-/t18-,20-/m1/s1. The highest BCUT2D eigenvalue weighted by Gasteiger charge is 2.33. The van der Waals surface area contributed by atoms with Gasteiger partial charge in [-0.05, 0) is 37.5 Å². The molecule has 29 heavy (non-hydrogen) atoms. The molecule has 1 amide bonds. The summed E-state index contributed by atoms with van der Waals surface area (Å²) in [5.41, 5.74) is 4.69. The number of carbonyl (C=O) groups is 1. The molecule has 0 aromatic heterocycles. The molecule has 6 nitrogen and oxygen atoms in total. The number of hydrazone groups is 1. The van der Waals surface area contributed by atoms with Gasteiger partial charge in [-0.2, -0.15) is 9.41 Å². The first-order valence-electron chi connectivity index (χ1n) is 9.82. The van der Waals surface area contributed by atoms with E-state index >= 15 is 0 Å². The highest BCUT2D eigenvalue weighted by atomic mass is 32.2. The fourth-order valence-electron chi connectivity index (χ4n) is 3.38. The van der Waals surface area contributed by atoms with E-state index in [1.54, 1.807) is 30.5 Å². The van der Waals surface area contributed by atoms with Gasteiger partial charge in [-0.3, -0.25) is 4.79 Å². The van der Waals surface area contributed by atoms with Gasteiger partial charge in [0, 0.05) is 25.2 Å². The summed E-state index contributed by atoms with van der Waals surface area (Å²) in [5.74, 6) is -0.584. The topological polar surface area (TPSA) is 78.8 Å². The van der Waals surface area contributed by atoms with E-state index in [0.717, 1.165) is 11.1 Å². The van der Waals surface area contributed by atoms with Crippen LogP contribution in [0.15, 0.2) is 64.6 Å². The number of sulfonamides is 1. The Labute approximate surface area is 172 Å². The van der Waals surface area contributed by atoms with Crippen LogP contribution in [0.5, 0.6) is 0 Å². The Bertz CT molecular complexity index is 957. The van der Waals surface area contributed by atoms with Gasteiger partial charge in [-0.25, -0.2) is 13.8 Å². The molecule has 1 fully saturated rings. The molecule has 1 saturated heterocycles. The van der Waals surface area contributed by atoms with Crippen LogP contribution in [-0.4, -0.2) is 37.9 Å². The average Bonchev–Trinajstić information content (AvgIpc) is 2.74. The summed E-state index contributed by atoms with van der Waals surface area (Å²) in [6, 6.07) is 16.7. The van der Waals surface area contributed by atoms with E-state index in [9.17, 15) is 13.2 Å². The van der Waals surface area contributed by atoms with Crippen molar-refractivity contribution < 1.29 is 13.2 Å². The lowest BCUT2D eigenvalue weighted by Gasteiger charge is -2.30. The Morgan fingerprint density at radius 3 is 2.55 bits per heavy atom. The number of hydrogen-bond acceptors (Lipinski definition) is 4. The number of benzene rings is 2. The molecule has 2 aromatic rings. The third kappa shape index (κ3) is 5.31. The highest BCUT2D eigenvalue weighted by molar-refractivity contribution is 7.89. The molecule has 7 heteroatoms. The van der Waals surface area contributed by atoms with Crippen molar-refractivity contribution in [1.29, 1.82) is 0 Å². The molecule has 0 spiro atoms. The largest absolute Gasteiger partial charge is 0.273 e. The van der Waals surface area contributed by atoms with E-state index in [2.05, 4.69) is 10.5 Å². The van der Waals surface area contributed by atoms with Crippen molar-refractivity contribution in [2.45, 2.75) is 37.5 Å². The molecule has 0 unspecified atom stereocenters. The summed E-state index contributed by atoms with van der Waals surface area (Å²) in [7, 11) is -3.60. The maximum atomic E-state index is 12.9. The number of aryl methyl sites for hydroxylation is 1. The van der Waals surface area contributed by atoms with Gasteiger partial charge in [0.1, 0.15) is 0 Å². The number of piperidine rings is 1. The third-order valence-electron chi connectivity index (χ3n) is 5.21. The molecule has 1 aliphatic heterocycles. The molecule has 2 atom stereocenters. The molecule has 0 saturated carbocycles. The van der Waals surface area contributed by atoms with Crippen LogP contribution in [-0.2, 0) is 14.8 Å². The van der Waals surface area contributed by atoms with Crippen molar-refractivity contribution >= 4 is 22.1 Å². The first-order chi connectivity index (χ1) is 13.9. The van der Waals surface area contributed by atoms with Crippen LogP contribution in [0, 0.1) is 12.8 Å². The van der Waals surface area contributed by atoms with Gasteiger partial charge in [0.2, 0.25) is 15.9 Å². The summed E-state index contributed by atoms with van der Waals surface area (Å²) in [6.45, 7) is 4.51. The quantitative estimate of drug-likeness (QED) is 0.583. The molecule has 3 rings (SSSR count). The van der Waals surface area contributed by atoms with E-state index in [4.69, 9.17) is 0 Å². The zero-order valence-corrected chi connectivity index (χ0v) is 17.6. The Kier molecular flexibility index (Phi) is 6.82. The van der Waals surface area contributed by atoms with Crippen LogP contribution in [0.3, 0.4) is 0 Å². The van der Waals surface area contributed by atoms with Crippen LogP contribution in [0.2, 0.25) is 0 Å². The van der Waals surface area contributed by atoms with E-state index in [-0.39, 0.29) is 23.3 Å². The van der Waals surface area contributed by atoms with Crippen LogP contribution in [0.1, 0.15) is 36.8 Å². The van der Waals surface area contributed by atoms with Crippen LogP contribution >= 0.6 is 0 Å². The smallest absolute Gasteiger partial charge is 0.244 e. The van der Waals surface area contributed by atoms with Crippen molar-refractivity contribution in [2.75, 3.05) is 13.1 Å². The number of hydrogen-bond donors (Lipinski definition) is 1. The molecule has 1 aliphatic rings. The predicted octanol–water partition coefficient (Wildman–Crippen LogP) is 3.30. The lowest BCUT2D eigenvalue weighted by molar-refractivity contribution is -0.126. The molecule has 0 aliphatic carbocycles. The molecule has 0 bridgehead atoms. The second-order valence-corrected chi connectivity index (χ2v) is 9.41. The molecule has 1 heterocycles. The lowest BCUT2D eigenvalue weighted by atomic mass is 9.99. The Hall–Kier alpha value is -2.51. The molecule has 0 radical (unpaired) electrons. The van der Waals surface area contributed by atoms with Crippen LogP contribution < -0.4 is 5.43 Å². The van der Waals surface area contributed by atoms with Gasteiger partial charge in [0.15, 0.2) is 0 Å². The van der Waals surface area contributed by atoms with Gasteiger partial charge in [0.05, 0.1) is 10.8 Å². The van der Waals surface area contributed by atoms with Crippen molar-refractivity contribution in [3.63, 3.8) is 0 Å². The fourth-order valence-corrected chi connectivity index (χ4v) is 4.90. The molecular formula is C22H27N3O3S. The molecule has 2 aromatic carbocycles. The minimum atomic E-state index is -3.60. The lowest BCUT2D eigenvalue weighted by Crippen LogP contribution is -2.44. The SMILES string of the molecule is Cc1ccc(S(=O)(=O)N2CCC[C@@H](C(=O)N/N=C\[C@@H](C)c3ccccc3)C2)cc1. The maximum absolute atomic E-state index is 12.9. The summed E-state index contributed by atoms with van der Waals surface area (Å²) in [6.07, 6.45) is 2.99. The Morgan fingerprint density at radius 1 is 1.17 bits per heavy atom. The zero-order valence-electron chi connectivity index (χ0n) is 16.8. The number of rotatable bonds is 6. The fraction of sp³-hybridized carbons (Fsp3) is 0.364. The second kappa shape index (κ2) is 9.33. The number of amides is 1. The van der Waals surface area contributed by atoms with Crippen molar-refractivity contribution in [2.24, 2.45) is 11.0 Å². The van der Waals surface area contributed by atoms with Gasteiger partial charge in [-0.1, -0.05) is 55.0 Å². The van der Waals surface area contributed by atoms with E-state index < -0.39 is 15.9 Å². The number of carbonyl (C=O) groups excluding carboxylic acids is 1. The predicted molar refractivity (Wildman–Crippen MR) is 114 cm³/mol. The molecule has 1 N–H and O–H groups in total. The number of nitrogens with one attached hydrogen (secondary N) is 1.